The minimum Gasteiger partial charge on any atom is -0.366 e. The molecule has 5 nitrogen and oxygen atoms in total. The van der Waals surface area contributed by atoms with Crippen molar-refractivity contribution in [3.8, 4) is 0 Å². The average Bonchev–Trinajstić information content (AvgIpc) is 2.81. The number of nitrogens with zero attached hydrogens (tertiary/aromatic N) is 1. The van der Waals surface area contributed by atoms with E-state index in [1.54, 1.807) is 12.1 Å². The standard InChI is InChI=1S/C17H17ClN4OS/c1-10-15(11-4-2-5-12(8-11)16(19)23)22(17(24)20-10)21-14-7-3-6-13(18)9-14/h2-10,15,21H,1H3,(H2,19,23)(H,20,24). The Hall–Kier alpha value is -2.31. The molecule has 0 aliphatic carbocycles. The lowest BCUT2D eigenvalue weighted by Gasteiger charge is -2.28. The van der Waals surface area contributed by atoms with Crippen LogP contribution in [0.4, 0.5) is 5.69 Å². The summed E-state index contributed by atoms with van der Waals surface area (Å²) in [5.41, 5.74) is 10.9. The van der Waals surface area contributed by atoms with Crippen LogP contribution in [0.15, 0.2) is 48.5 Å². The quantitative estimate of drug-likeness (QED) is 0.731. The molecule has 2 aromatic rings. The lowest BCUT2D eigenvalue weighted by atomic mass is 9.99. The fraction of sp³-hybridized carbons (Fsp3) is 0.176. The van der Waals surface area contributed by atoms with E-state index >= 15 is 0 Å². The number of nitrogens with two attached hydrogens (primary N) is 1. The van der Waals surface area contributed by atoms with Gasteiger partial charge in [-0.15, -0.1) is 0 Å². The van der Waals surface area contributed by atoms with Crippen LogP contribution >= 0.6 is 23.8 Å². The zero-order valence-electron chi connectivity index (χ0n) is 13.0. The molecule has 0 radical (unpaired) electrons. The second kappa shape index (κ2) is 6.67. The van der Waals surface area contributed by atoms with Crippen molar-refractivity contribution in [1.82, 2.24) is 10.3 Å². The number of carbonyl (C=O) groups excluding carboxylic acids is 1. The number of amides is 1. The van der Waals surface area contributed by atoms with Gasteiger partial charge in [0.2, 0.25) is 5.91 Å². The molecule has 1 heterocycles. The van der Waals surface area contributed by atoms with Crippen molar-refractivity contribution in [1.29, 1.82) is 0 Å². The van der Waals surface area contributed by atoms with Crippen LogP contribution in [-0.4, -0.2) is 22.1 Å². The van der Waals surface area contributed by atoms with E-state index in [2.05, 4.69) is 10.7 Å². The van der Waals surface area contributed by atoms with Crippen LogP contribution in [0, 0.1) is 0 Å². The molecule has 1 fully saturated rings. The van der Waals surface area contributed by atoms with Gasteiger partial charge in [-0.25, -0.2) is 0 Å². The Bertz CT molecular complexity index is 798. The van der Waals surface area contributed by atoms with Crippen LogP contribution in [0.3, 0.4) is 0 Å². The maximum atomic E-state index is 11.5. The van der Waals surface area contributed by atoms with Crippen LogP contribution < -0.4 is 16.5 Å². The summed E-state index contributed by atoms with van der Waals surface area (Å²) in [7, 11) is 0. The van der Waals surface area contributed by atoms with Gasteiger partial charge in [-0.3, -0.25) is 15.2 Å². The maximum absolute atomic E-state index is 11.5. The number of anilines is 1. The lowest BCUT2D eigenvalue weighted by Crippen LogP contribution is -2.35. The molecule has 2 unspecified atom stereocenters. The highest BCUT2D eigenvalue weighted by atomic mass is 35.5. The van der Waals surface area contributed by atoms with E-state index < -0.39 is 5.91 Å². The molecule has 1 saturated heterocycles. The van der Waals surface area contributed by atoms with Crippen molar-refractivity contribution in [3.05, 3.63) is 64.7 Å². The number of hydrazine groups is 1. The van der Waals surface area contributed by atoms with Crippen molar-refractivity contribution in [2.75, 3.05) is 5.43 Å². The van der Waals surface area contributed by atoms with Crippen LogP contribution in [0.25, 0.3) is 0 Å². The van der Waals surface area contributed by atoms with Crippen molar-refractivity contribution < 1.29 is 4.79 Å². The van der Waals surface area contributed by atoms with E-state index in [0.29, 0.717) is 15.7 Å². The van der Waals surface area contributed by atoms with Gasteiger partial charge in [0.25, 0.3) is 0 Å². The third kappa shape index (κ3) is 3.29. The maximum Gasteiger partial charge on any atom is 0.248 e. The van der Waals surface area contributed by atoms with E-state index in [9.17, 15) is 4.79 Å². The van der Waals surface area contributed by atoms with E-state index in [1.807, 2.05) is 48.3 Å². The highest BCUT2D eigenvalue weighted by Crippen LogP contribution is 2.31. The van der Waals surface area contributed by atoms with E-state index in [1.165, 1.54) is 0 Å². The molecule has 4 N–H and O–H groups in total. The van der Waals surface area contributed by atoms with Gasteiger partial charge < -0.3 is 11.1 Å². The SMILES string of the molecule is CC1NC(=S)N(Nc2cccc(Cl)c2)C1c1cccc(C(N)=O)c1. The molecule has 0 bridgehead atoms. The molecule has 3 rings (SSSR count). The highest BCUT2D eigenvalue weighted by Gasteiger charge is 2.36. The molecule has 24 heavy (non-hydrogen) atoms. The first-order chi connectivity index (χ1) is 11.5. The van der Waals surface area contributed by atoms with Crippen molar-refractivity contribution in [2.24, 2.45) is 5.73 Å². The number of halogens is 1. The van der Waals surface area contributed by atoms with Gasteiger partial charge in [-0.1, -0.05) is 29.8 Å². The van der Waals surface area contributed by atoms with Crippen molar-refractivity contribution >= 4 is 40.5 Å². The number of thiocarbonyl (C=S) groups is 1. The molecule has 1 aliphatic heterocycles. The first-order valence-electron chi connectivity index (χ1n) is 7.47. The van der Waals surface area contributed by atoms with Gasteiger partial charge >= 0.3 is 0 Å². The topological polar surface area (TPSA) is 70.4 Å². The molecular formula is C17H17ClN4OS. The van der Waals surface area contributed by atoms with Crippen LogP contribution in [0.5, 0.6) is 0 Å². The fourth-order valence-electron chi connectivity index (χ4n) is 2.82. The molecule has 124 valence electrons. The lowest BCUT2D eigenvalue weighted by molar-refractivity contribution is 0.1000. The number of carbonyl (C=O) groups is 1. The summed E-state index contributed by atoms with van der Waals surface area (Å²) in [6, 6.07) is 14.7. The molecular weight excluding hydrogens is 344 g/mol. The summed E-state index contributed by atoms with van der Waals surface area (Å²) in [4.78, 5) is 11.5. The second-order valence-electron chi connectivity index (χ2n) is 5.66. The summed E-state index contributed by atoms with van der Waals surface area (Å²) < 4.78 is 0. The molecule has 0 spiro atoms. The van der Waals surface area contributed by atoms with Crippen LogP contribution in [0.2, 0.25) is 5.02 Å². The Labute approximate surface area is 150 Å². The Balaban J connectivity index is 1.93. The molecule has 1 aliphatic rings. The third-order valence-electron chi connectivity index (χ3n) is 3.91. The van der Waals surface area contributed by atoms with Gasteiger partial charge in [0.15, 0.2) is 5.11 Å². The zero-order chi connectivity index (χ0) is 17.3. The van der Waals surface area contributed by atoms with E-state index in [-0.39, 0.29) is 12.1 Å². The minimum absolute atomic E-state index is 0.0623. The zero-order valence-corrected chi connectivity index (χ0v) is 14.6. The number of benzene rings is 2. The Morgan fingerprint density at radius 1 is 1.29 bits per heavy atom. The number of primary amides is 1. The van der Waals surface area contributed by atoms with E-state index in [4.69, 9.17) is 29.6 Å². The number of rotatable bonds is 4. The largest absolute Gasteiger partial charge is 0.366 e. The summed E-state index contributed by atoms with van der Waals surface area (Å²) in [6.45, 7) is 2.04. The first kappa shape index (κ1) is 16.5. The van der Waals surface area contributed by atoms with Gasteiger partial charge in [0, 0.05) is 10.6 Å². The Morgan fingerprint density at radius 2 is 2.04 bits per heavy atom. The van der Waals surface area contributed by atoms with Crippen LogP contribution in [0.1, 0.15) is 28.9 Å². The predicted octanol–water partition coefficient (Wildman–Crippen LogP) is 3.09. The molecule has 2 aromatic carbocycles. The Morgan fingerprint density at radius 3 is 2.75 bits per heavy atom. The van der Waals surface area contributed by atoms with Gasteiger partial charge in [-0.2, -0.15) is 0 Å². The minimum atomic E-state index is -0.451. The molecule has 0 aromatic heterocycles. The third-order valence-corrected chi connectivity index (χ3v) is 4.46. The highest BCUT2D eigenvalue weighted by molar-refractivity contribution is 7.80. The molecule has 7 heteroatoms. The number of nitrogens with one attached hydrogen (secondary N) is 2. The second-order valence-corrected chi connectivity index (χ2v) is 6.49. The number of hydrogen-bond acceptors (Lipinski definition) is 3. The van der Waals surface area contributed by atoms with Crippen molar-refractivity contribution in [2.45, 2.75) is 19.0 Å². The Kier molecular flexibility index (Phi) is 4.59. The molecule has 2 atom stereocenters. The summed E-state index contributed by atoms with van der Waals surface area (Å²) in [5.74, 6) is -0.451. The van der Waals surface area contributed by atoms with Crippen LogP contribution in [-0.2, 0) is 0 Å². The summed E-state index contributed by atoms with van der Waals surface area (Å²) in [6.07, 6.45) is 0. The van der Waals surface area contributed by atoms with Crippen molar-refractivity contribution in [3.63, 3.8) is 0 Å². The smallest absolute Gasteiger partial charge is 0.248 e. The first-order valence-corrected chi connectivity index (χ1v) is 8.26. The number of hydrogen-bond donors (Lipinski definition) is 3. The summed E-state index contributed by atoms with van der Waals surface area (Å²) >= 11 is 11.5. The van der Waals surface area contributed by atoms with E-state index in [0.717, 1.165) is 11.3 Å². The van der Waals surface area contributed by atoms with Gasteiger partial charge in [0.1, 0.15) is 0 Å². The predicted molar refractivity (Wildman–Crippen MR) is 99.8 cm³/mol. The molecule has 1 amide bonds. The average molecular weight is 361 g/mol. The van der Waals surface area contributed by atoms with Gasteiger partial charge in [0.05, 0.1) is 17.8 Å². The summed E-state index contributed by atoms with van der Waals surface area (Å²) in [5, 5.41) is 6.33. The fourth-order valence-corrected chi connectivity index (χ4v) is 3.36. The normalized spacial score (nSPS) is 19.9. The molecule has 0 saturated carbocycles. The monoisotopic (exact) mass is 360 g/mol. The van der Waals surface area contributed by atoms with Gasteiger partial charge in [-0.05, 0) is 55.0 Å².